The van der Waals surface area contributed by atoms with E-state index in [9.17, 15) is 0 Å². The Bertz CT molecular complexity index is 289. The van der Waals surface area contributed by atoms with Gasteiger partial charge in [-0.05, 0) is 18.9 Å². The van der Waals surface area contributed by atoms with Gasteiger partial charge >= 0.3 is 0 Å². The third-order valence-electron chi connectivity index (χ3n) is 2.99. The van der Waals surface area contributed by atoms with Crippen molar-refractivity contribution in [3.63, 3.8) is 0 Å². The molecule has 0 saturated heterocycles. The first-order valence-corrected chi connectivity index (χ1v) is 5.85. The average molecular weight is 208 g/mol. The molecule has 84 valence electrons. The highest BCUT2D eigenvalue weighted by Crippen LogP contribution is 2.28. The predicted octanol–water partition coefficient (Wildman–Crippen LogP) is 1.05. The van der Waals surface area contributed by atoms with E-state index in [4.69, 9.17) is 5.73 Å². The van der Waals surface area contributed by atoms with E-state index in [0.29, 0.717) is 12.6 Å². The minimum absolute atomic E-state index is 0.647. The van der Waals surface area contributed by atoms with Gasteiger partial charge in [-0.2, -0.15) is 5.10 Å². The van der Waals surface area contributed by atoms with Crippen LogP contribution >= 0.6 is 0 Å². The highest BCUT2D eigenvalue weighted by molar-refractivity contribution is 4.99. The van der Waals surface area contributed by atoms with Gasteiger partial charge in [-0.1, -0.05) is 12.8 Å². The molecule has 3 N–H and O–H groups in total. The van der Waals surface area contributed by atoms with Crippen LogP contribution in [0.5, 0.6) is 0 Å². The van der Waals surface area contributed by atoms with E-state index in [2.05, 4.69) is 27.4 Å². The van der Waals surface area contributed by atoms with Crippen LogP contribution in [0.3, 0.4) is 0 Å². The van der Waals surface area contributed by atoms with Gasteiger partial charge in [0.1, 0.15) is 0 Å². The van der Waals surface area contributed by atoms with Crippen molar-refractivity contribution in [3.8, 4) is 0 Å². The lowest BCUT2D eigenvalue weighted by atomic mass is 10.3. The summed E-state index contributed by atoms with van der Waals surface area (Å²) in [4.78, 5) is 0. The second-order valence-corrected chi connectivity index (χ2v) is 4.19. The highest BCUT2D eigenvalue weighted by Gasteiger charge is 2.17. The summed E-state index contributed by atoms with van der Waals surface area (Å²) < 4.78 is 2.13. The molecule has 4 heteroatoms. The number of aromatic nitrogens is 2. The van der Waals surface area contributed by atoms with E-state index in [1.807, 2.05) is 0 Å². The molecule has 0 aliphatic heterocycles. The third kappa shape index (κ3) is 2.79. The molecule has 0 bridgehead atoms. The zero-order valence-corrected chi connectivity index (χ0v) is 9.15. The van der Waals surface area contributed by atoms with Crippen LogP contribution in [0, 0.1) is 0 Å². The van der Waals surface area contributed by atoms with Gasteiger partial charge in [0.05, 0.1) is 11.7 Å². The van der Waals surface area contributed by atoms with Gasteiger partial charge in [0.2, 0.25) is 0 Å². The fraction of sp³-hybridized carbons (Fsp3) is 0.727. The summed E-state index contributed by atoms with van der Waals surface area (Å²) >= 11 is 0. The number of rotatable bonds is 5. The first kappa shape index (κ1) is 10.6. The lowest BCUT2D eigenvalue weighted by Crippen LogP contribution is -2.22. The van der Waals surface area contributed by atoms with Gasteiger partial charge in [0.15, 0.2) is 0 Å². The third-order valence-corrected chi connectivity index (χ3v) is 2.99. The average Bonchev–Trinajstić information content (AvgIpc) is 2.87. The van der Waals surface area contributed by atoms with Crippen LogP contribution in [-0.4, -0.2) is 22.9 Å². The van der Waals surface area contributed by atoms with E-state index >= 15 is 0 Å². The topological polar surface area (TPSA) is 55.9 Å². The molecule has 0 amide bonds. The minimum atomic E-state index is 0.647. The van der Waals surface area contributed by atoms with E-state index < -0.39 is 0 Å². The number of nitrogens with zero attached hydrogens (tertiary/aromatic N) is 2. The Morgan fingerprint density at radius 3 is 3.00 bits per heavy atom. The van der Waals surface area contributed by atoms with E-state index in [1.54, 1.807) is 0 Å². The number of nitrogens with one attached hydrogen (secondary N) is 1. The molecule has 0 radical (unpaired) electrons. The fourth-order valence-electron chi connectivity index (χ4n) is 2.16. The molecule has 1 aromatic heterocycles. The molecule has 2 rings (SSSR count). The van der Waals surface area contributed by atoms with Crippen molar-refractivity contribution in [1.82, 2.24) is 15.1 Å². The first-order valence-electron chi connectivity index (χ1n) is 5.85. The maximum atomic E-state index is 5.41. The summed E-state index contributed by atoms with van der Waals surface area (Å²) in [5.41, 5.74) is 6.53. The van der Waals surface area contributed by atoms with Crippen LogP contribution in [0.15, 0.2) is 12.3 Å². The second-order valence-electron chi connectivity index (χ2n) is 4.19. The van der Waals surface area contributed by atoms with Crippen LogP contribution in [0.2, 0.25) is 0 Å². The van der Waals surface area contributed by atoms with Gasteiger partial charge in [-0.25, -0.2) is 0 Å². The first-order chi connectivity index (χ1) is 7.40. The molecule has 1 aliphatic rings. The highest BCUT2D eigenvalue weighted by atomic mass is 15.3. The van der Waals surface area contributed by atoms with Crippen molar-refractivity contribution < 1.29 is 0 Å². The Morgan fingerprint density at radius 2 is 2.27 bits per heavy atom. The number of hydrogen-bond acceptors (Lipinski definition) is 3. The van der Waals surface area contributed by atoms with Crippen LogP contribution in [0.25, 0.3) is 0 Å². The van der Waals surface area contributed by atoms with Gasteiger partial charge in [0, 0.05) is 25.8 Å². The van der Waals surface area contributed by atoms with Crippen molar-refractivity contribution >= 4 is 0 Å². The maximum Gasteiger partial charge on any atom is 0.0762 e. The standard InChI is InChI=1S/C11H20N4/c12-6-7-13-9-10-5-8-15(14-10)11-3-1-2-4-11/h5,8,11,13H,1-4,6-7,9,12H2. The zero-order valence-electron chi connectivity index (χ0n) is 9.15. The summed E-state index contributed by atoms with van der Waals surface area (Å²) in [7, 11) is 0. The van der Waals surface area contributed by atoms with Crippen LogP contribution in [0.1, 0.15) is 37.4 Å². The summed E-state index contributed by atoms with van der Waals surface area (Å²) in [5.74, 6) is 0. The second kappa shape index (κ2) is 5.28. The summed E-state index contributed by atoms with van der Waals surface area (Å²) in [5, 5.41) is 7.83. The van der Waals surface area contributed by atoms with Crippen molar-refractivity contribution in [2.24, 2.45) is 5.73 Å². The molecule has 4 nitrogen and oxygen atoms in total. The fourth-order valence-corrected chi connectivity index (χ4v) is 2.16. The molecule has 0 aromatic carbocycles. The Kier molecular flexibility index (Phi) is 3.75. The smallest absolute Gasteiger partial charge is 0.0762 e. The summed E-state index contributed by atoms with van der Waals surface area (Å²) in [6.45, 7) is 2.37. The van der Waals surface area contributed by atoms with Crippen molar-refractivity contribution in [1.29, 1.82) is 0 Å². The van der Waals surface area contributed by atoms with E-state index in [-0.39, 0.29) is 0 Å². The van der Waals surface area contributed by atoms with Gasteiger partial charge in [-0.3, -0.25) is 4.68 Å². The lowest BCUT2D eigenvalue weighted by molar-refractivity contribution is 0.461. The Hall–Kier alpha value is -0.870. The maximum absolute atomic E-state index is 5.41. The largest absolute Gasteiger partial charge is 0.329 e. The zero-order chi connectivity index (χ0) is 10.5. The molecule has 1 heterocycles. The van der Waals surface area contributed by atoms with Crippen molar-refractivity contribution in [2.45, 2.75) is 38.3 Å². The number of nitrogens with two attached hydrogens (primary N) is 1. The number of hydrogen-bond donors (Lipinski definition) is 2. The SMILES string of the molecule is NCCNCc1ccn(C2CCCC2)n1. The summed E-state index contributed by atoms with van der Waals surface area (Å²) in [6, 6.07) is 2.75. The van der Waals surface area contributed by atoms with Crippen molar-refractivity contribution in [3.05, 3.63) is 18.0 Å². The summed E-state index contributed by atoms with van der Waals surface area (Å²) in [6.07, 6.45) is 7.39. The predicted molar refractivity (Wildman–Crippen MR) is 60.5 cm³/mol. The quantitative estimate of drug-likeness (QED) is 0.711. The van der Waals surface area contributed by atoms with Crippen LogP contribution < -0.4 is 11.1 Å². The molecule has 0 unspecified atom stereocenters. The molecular weight excluding hydrogens is 188 g/mol. The van der Waals surface area contributed by atoms with Crippen LogP contribution in [-0.2, 0) is 6.54 Å². The van der Waals surface area contributed by atoms with E-state index in [0.717, 1.165) is 18.8 Å². The molecule has 1 aliphatic carbocycles. The van der Waals surface area contributed by atoms with Gasteiger partial charge < -0.3 is 11.1 Å². The van der Waals surface area contributed by atoms with Gasteiger partial charge in [0.25, 0.3) is 0 Å². The normalized spacial score (nSPS) is 17.4. The van der Waals surface area contributed by atoms with E-state index in [1.165, 1.54) is 25.7 Å². The minimum Gasteiger partial charge on any atom is -0.329 e. The Morgan fingerprint density at radius 1 is 1.47 bits per heavy atom. The molecule has 1 saturated carbocycles. The van der Waals surface area contributed by atoms with Crippen molar-refractivity contribution in [2.75, 3.05) is 13.1 Å². The molecule has 1 aromatic rings. The van der Waals surface area contributed by atoms with Crippen LogP contribution in [0.4, 0.5) is 0 Å². The van der Waals surface area contributed by atoms with Gasteiger partial charge in [-0.15, -0.1) is 0 Å². The molecular formula is C11H20N4. The molecule has 1 fully saturated rings. The molecule has 0 spiro atoms. The monoisotopic (exact) mass is 208 g/mol. The Labute approximate surface area is 90.8 Å². The molecule has 0 atom stereocenters. The lowest BCUT2D eigenvalue weighted by Gasteiger charge is -2.08. The molecule has 15 heavy (non-hydrogen) atoms. The Balaban J connectivity index is 1.86.